The summed E-state index contributed by atoms with van der Waals surface area (Å²) in [5, 5.41) is 8.51. The summed E-state index contributed by atoms with van der Waals surface area (Å²) in [7, 11) is 1.29. The van der Waals surface area contributed by atoms with Crippen LogP contribution in [0.3, 0.4) is 0 Å². The third-order valence-corrected chi connectivity index (χ3v) is 5.24. The van der Waals surface area contributed by atoms with E-state index in [2.05, 4.69) is 31.1 Å². The van der Waals surface area contributed by atoms with Crippen LogP contribution in [0.15, 0.2) is 58.1 Å². The smallest absolute Gasteiger partial charge is 0.468 e. The Labute approximate surface area is 190 Å². The summed E-state index contributed by atoms with van der Waals surface area (Å²) in [6.07, 6.45) is -4.79. The normalized spacial score (nSPS) is 18.2. The SMILES string of the molecule is COC(=O)C1(C)CN(CC(=O)Nc2ccc(OC(F)(F)F)cc2)N=C1c1ccc(Br)cc1. The second kappa shape index (κ2) is 9.19. The molecule has 0 spiro atoms. The number of hydrogen-bond donors (Lipinski definition) is 1. The molecule has 1 aliphatic heterocycles. The highest BCUT2D eigenvalue weighted by molar-refractivity contribution is 9.10. The summed E-state index contributed by atoms with van der Waals surface area (Å²) in [6.45, 7) is 1.64. The van der Waals surface area contributed by atoms with Gasteiger partial charge in [-0.2, -0.15) is 5.10 Å². The Hall–Kier alpha value is -3.08. The maximum absolute atomic E-state index is 12.5. The molecule has 2 aromatic carbocycles. The fourth-order valence-corrected chi connectivity index (χ4v) is 3.56. The lowest BCUT2D eigenvalue weighted by molar-refractivity contribution is -0.274. The molecule has 0 saturated carbocycles. The molecule has 1 aliphatic rings. The molecule has 11 heteroatoms. The Morgan fingerprint density at radius 1 is 1.16 bits per heavy atom. The largest absolute Gasteiger partial charge is 0.573 e. The third kappa shape index (κ3) is 5.58. The number of anilines is 1. The van der Waals surface area contributed by atoms with Gasteiger partial charge in [0.2, 0.25) is 5.91 Å². The number of hydrazone groups is 1. The number of amides is 1. The van der Waals surface area contributed by atoms with Crippen LogP contribution in [-0.2, 0) is 14.3 Å². The van der Waals surface area contributed by atoms with Crippen molar-refractivity contribution < 1.29 is 32.2 Å². The third-order valence-electron chi connectivity index (χ3n) is 4.71. The molecular weight excluding hydrogens is 495 g/mol. The quantitative estimate of drug-likeness (QED) is 0.586. The number of carbonyl (C=O) groups is 2. The number of esters is 1. The molecule has 0 bridgehead atoms. The number of nitrogens with one attached hydrogen (secondary N) is 1. The van der Waals surface area contributed by atoms with Gasteiger partial charge in [-0.15, -0.1) is 13.2 Å². The molecule has 0 aliphatic carbocycles. The number of alkyl halides is 3. The first-order chi connectivity index (χ1) is 15.0. The van der Waals surface area contributed by atoms with Gasteiger partial charge >= 0.3 is 12.3 Å². The highest BCUT2D eigenvalue weighted by atomic mass is 79.9. The van der Waals surface area contributed by atoms with E-state index in [9.17, 15) is 22.8 Å². The second-order valence-electron chi connectivity index (χ2n) is 7.22. The van der Waals surface area contributed by atoms with Gasteiger partial charge in [-0.1, -0.05) is 28.1 Å². The van der Waals surface area contributed by atoms with Crippen LogP contribution in [0.5, 0.6) is 5.75 Å². The zero-order valence-corrected chi connectivity index (χ0v) is 18.7. The summed E-state index contributed by atoms with van der Waals surface area (Å²) in [5.41, 5.74) is 0.388. The van der Waals surface area contributed by atoms with Crippen molar-refractivity contribution in [3.05, 3.63) is 58.6 Å². The maximum Gasteiger partial charge on any atom is 0.573 e. The fraction of sp³-hybridized carbons (Fsp3) is 0.286. The second-order valence-corrected chi connectivity index (χ2v) is 8.14. The number of rotatable bonds is 6. The molecule has 3 rings (SSSR count). The van der Waals surface area contributed by atoms with Gasteiger partial charge in [0, 0.05) is 10.2 Å². The first-order valence-electron chi connectivity index (χ1n) is 9.34. The van der Waals surface area contributed by atoms with E-state index in [1.807, 2.05) is 12.1 Å². The molecule has 1 amide bonds. The summed E-state index contributed by atoms with van der Waals surface area (Å²) in [6, 6.07) is 12.0. The van der Waals surface area contributed by atoms with Crippen molar-refractivity contribution in [3.63, 3.8) is 0 Å². The van der Waals surface area contributed by atoms with E-state index in [4.69, 9.17) is 4.74 Å². The minimum Gasteiger partial charge on any atom is -0.468 e. The highest BCUT2D eigenvalue weighted by Gasteiger charge is 2.47. The average molecular weight is 514 g/mol. The van der Waals surface area contributed by atoms with Gasteiger partial charge in [0.1, 0.15) is 17.7 Å². The number of halogens is 4. The lowest BCUT2D eigenvalue weighted by atomic mass is 9.82. The van der Waals surface area contributed by atoms with Crippen LogP contribution in [0, 0.1) is 5.41 Å². The van der Waals surface area contributed by atoms with Crippen molar-refractivity contribution in [2.75, 3.05) is 25.5 Å². The minimum absolute atomic E-state index is 0.122. The number of nitrogens with zero attached hydrogens (tertiary/aromatic N) is 2. The van der Waals surface area contributed by atoms with Crippen LogP contribution in [0.25, 0.3) is 0 Å². The Kier molecular flexibility index (Phi) is 6.77. The van der Waals surface area contributed by atoms with Crippen molar-refractivity contribution in [2.24, 2.45) is 10.5 Å². The van der Waals surface area contributed by atoms with Gasteiger partial charge < -0.3 is 14.8 Å². The number of carbonyl (C=O) groups excluding carboxylic acids is 2. The molecular formula is C21H19BrF3N3O4. The van der Waals surface area contributed by atoms with E-state index in [-0.39, 0.29) is 18.8 Å². The topological polar surface area (TPSA) is 80.2 Å². The Morgan fingerprint density at radius 2 is 1.78 bits per heavy atom. The van der Waals surface area contributed by atoms with E-state index in [0.717, 1.165) is 16.6 Å². The standard InChI is InChI=1S/C21H19BrF3N3O4/c1-20(19(30)31-2)12-28(27-18(20)13-3-5-14(22)6-4-13)11-17(29)26-15-7-9-16(10-8-15)32-21(23,24)25/h3-10H,11-12H2,1-2H3,(H,26,29). The van der Waals surface area contributed by atoms with Gasteiger partial charge in [-0.05, 0) is 48.9 Å². The molecule has 1 unspecified atom stereocenters. The molecule has 0 saturated heterocycles. The first kappa shape index (κ1) is 23.6. The lowest BCUT2D eigenvalue weighted by Gasteiger charge is -2.23. The Balaban J connectivity index is 1.71. The molecule has 2 aromatic rings. The summed E-state index contributed by atoms with van der Waals surface area (Å²) < 4.78 is 46.4. The first-order valence-corrected chi connectivity index (χ1v) is 10.1. The molecule has 1 N–H and O–H groups in total. The monoisotopic (exact) mass is 513 g/mol. The lowest BCUT2D eigenvalue weighted by Crippen LogP contribution is -2.41. The molecule has 32 heavy (non-hydrogen) atoms. The van der Waals surface area contributed by atoms with Gasteiger partial charge in [0.05, 0.1) is 19.4 Å². The molecule has 1 heterocycles. The van der Waals surface area contributed by atoms with Crippen molar-refractivity contribution in [1.82, 2.24) is 5.01 Å². The number of ether oxygens (including phenoxy) is 2. The Morgan fingerprint density at radius 3 is 2.34 bits per heavy atom. The van der Waals surface area contributed by atoms with Crippen molar-refractivity contribution in [3.8, 4) is 5.75 Å². The van der Waals surface area contributed by atoms with Crippen LogP contribution in [0.2, 0.25) is 0 Å². The van der Waals surface area contributed by atoms with E-state index >= 15 is 0 Å². The Bertz CT molecular complexity index is 1030. The van der Waals surface area contributed by atoms with Gasteiger partial charge in [-0.3, -0.25) is 14.6 Å². The van der Waals surface area contributed by atoms with E-state index < -0.39 is 29.4 Å². The number of benzene rings is 2. The van der Waals surface area contributed by atoms with E-state index in [0.29, 0.717) is 11.3 Å². The van der Waals surface area contributed by atoms with Crippen molar-refractivity contribution >= 4 is 39.2 Å². The summed E-state index contributed by atoms with van der Waals surface area (Å²) in [4.78, 5) is 25.0. The van der Waals surface area contributed by atoms with Crippen molar-refractivity contribution in [1.29, 1.82) is 0 Å². The minimum atomic E-state index is -4.79. The number of methoxy groups -OCH3 is 1. The van der Waals surface area contributed by atoms with Gasteiger partial charge in [0.15, 0.2) is 0 Å². The predicted octanol–water partition coefficient (Wildman–Crippen LogP) is 4.19. The van der Waals surface area contributed by atoms with Gasteiger partial charge in [-0.25, -0.2) is 0 Å². The van der Waals surface area contributed by atoms with Crippen LogP contribution in [0.1, 0.15) is 12.5 Å². The zero-order chi connectivity index (χ0) is 23.5. The molecule has 7 nitrogen and oxygen atoms in total. The van der Waals surface area contributed by atoms with Crippen LogP contribution >= 0.6 is 15.9 Å². The molecule has 1 atom stereocenters. The number of hydrogen-bond acceptors (Lipinski definition) is 6. The van der Waals surface area contributed by atoms with Crippen LogP contribution < -0.4 is 10.1 Å². The van der Waals surface area contributed by atoms with Crippen LogP contribution in [0.4, 0.5) is 18.9 Å². The van der Waals surface area contributed by atoms with E-state index in [1.165, 1.54) is 24.3 Å². The molecule has 0 fully saturated rings. The maximum atomic E-state index is 12.5. The summed E-state index contributed by atoms with van der Waals surface area (Å²) >= 11 is 3.36. The zero-order valence-electron chi connectivity index (χ0n) is 17.1. The average Bonchev–Trinajstić information content (AvgIpc) is 3.05. The summed E-state index contributed by atoms with van der Waals surface area (Å²) in [5.74, 6) is -1.34. The fourth-order valence-electron chi connectivity index (χ4n) is 3.30. The molecule has 0 radical (unpaired) electrons. The van der Waals surface area contributed by atoms with Gasteiger partial charge in [0.25, 0.3) is 0 Å². The van der Waals surface area contributed by atoms with E-state index in [1.54, 1.807) is 19.1 Å². The van der Waals surface area contributed by atoms with Crippen molar-refractivity contribution in [2.45, 2.75) is 13.3 Å². The molecule has 0 aromatic heterocycles. The molecule has 170 valence electrons. The van der Waals surface area contributed by atoms with Crippen LogP contribution in [-0.4, -0.2) is 49.2 Å². The highest BCUT2D eigenvalue weighted by Crippen LogP contribution is 2.33. The predicted molar refractivity (Wildman–Crippen MR) is 114 cm³/mol.